The molecule has 2 rings (SSSR count). The van der Waals surface area contributed by atoms with Crippen molar-refractivity contribution in [2.24, 2.45) is 11.7 Å². The summed E-state index contributed by atoms with van der Waals surface area (Å²) in [6.45, 7) is 1.17. The van der Waals surface area contributed by atoms with Gasteiger partial charge in [0.05, 0.1) is 12.8 Å². The molecule has 0 radical (unpaired) electrons. The van der Waals surface area contributed by atoms with Crippen LogP contribution in [-0.2, 0) is 9.59 Å². The molecule has 1 heterocycles. The first-order valence-corrected chi connectivity index (χ1v) is 7.64. The number of carbonyl (C=O) groups is 2. The Labute approximate surface area is 140 Å². The van der Waals surface area contributed by atoms with E-state index in [4.69, 9.17) is 10.5 Å². The number of carbonyl (C=O) groups excluding carboxylic acids is 2. The number of piperidine rings is 1. The van der Waals surface area contributed by atoms with E-state index in [1.807, 2.05) is 11.0 Å². The second-order valence-electron chi connectivity index (χ2n) is 5.52. The summed E-state index contributed by atoms with van der Waals surface area (Å²) < 4.78 is 5.17. The van der Waals surface area contributed by atoms with E-state index in [-0.39, 0.29) is 17.4 Å². The van der Waals surface area contributed by atoms with E-state index < -0.39 is 5.91 Å². The number of primary amides is 1. The average Bonchev–Trinajstić information content (AvgIpc) is 2.60. The number of ether oxygens (including phenoxy) is 1. The molecule has 24 heavy (non-hydrogen) atoms. The quantitative estimate of drug-likeness (QED) is 0.624. The Morgan fingerprint density at radius 1 is 1.38 bits per heavy atom. The van der Waals surface area contributed by atoms with Gasteiger partial charge in [0.25, 0.3) is 5.91 Å². The Morgan fingerprint density at radius 3 is 2.62 bits per heavy atom. The molecule has 1 fully saturated rings. The van der Waals surface area contributed by atoms with Crippen molar-refractivity contribution in [2.75, 3.05) is 25.5 Å². The van der Waals surface area contributed by atoms with Gasteiger partial charge in [0, 0.05) is 25.2 Å². The zero-order valence-corrected chi connectivity index (χ0v) is 13.5. The maximum atomic E-state index is 12.3. The molecule has 1 aliphatic heterocycles. The summed E-state index contributed by atoms with van der Waals surface area (Å²) in [6, 6.07) is 8.89. The maximum Gasteiger partial charge on any atom is 0.267 e. The van der Waals surface area contributed by atoms with Crippen LogP contribution in [0, 0.1) is 17.2 Å². The number of nitrogens with zero attached hydrogens (tertiary/aromatic N) is 2. The minimum atomic E-state index is -0.501. The van der Waals surface area contributed by atoms with Crippen LogP contribution in [0.5, 0.6) is 5.75 Å². The molecule has 0 aliphatic carbocycles. The number of nitriles is 1. The van der Waals surface area contributed by atoms with Crippen LogP contribution in [0.25, 0.3) is 0 Å². The second kappa shape index (κ2) is 8.02. The third-order valence-electron chi connectivity index (χ3n) is 3.96. The fourth-order valence-electron chi connectivity index (χ4n) is 2.57. The summed E-state index contributed by atoms with van der Waals surface area (Å²) in [6.07, 6.45) is 2.78. The van der Waals surface area contributed by atoms with Crippen LogP contribution in [0.15, 0.2) is 36.0 Å². The molecule has 1 aromatic carbocycles. The number of hydrogen-bond acceptors (Lipinski definition) is 5. The van der Waals surface area contributed by atoms with Crippen LogP contribution in [0.1, 0.15) is 12.8 Å². The van der Waals surface area contributed by atoms with Crippen LogP contribution in [0.2, 0.25) is 0 Å². The van der Waals surface area contributed by atoms with Gasteiger partial charge in [0.2, 0.25) is 5.91 Å². The number of hydrogen-bond donors (Lipinski definition) is 2. The lowest BCUT2D eigenvalue weighted by Gasteiger charge is -2.29. The van der Waals surface area contributed by atoms with Gasteiger partial charge in [0.15, 0.2) is 0 Å². The number of rotatable bonds is 5. The zero-order chi connectivity index (χ0) is 17.5. The smallest absolute Gasteiger partial charge is 0.267 e. The normalized spacial score (nSPS) is 15.5. The highest BCUT2D eigenvalue weighted by atomic mass is 16.5. The highest BCUT2D eigenvalue weighted by Gasteiger charge is 2.22. The molecule has 0 saturated carbocycles. The molecule has 7 nitrogen and oxygen atoms in total. The predicted octanol–water partition coefficient (Wildman–Crippen LogP) is 1.24. The van der Waals surface area contributed by atoms with E-state index >= 15 is 0 Å². The van der Waals surface area contributed by atoms with E-state index in [0.717, 1.165) is 0 Å². The van der Waals surface area contributed by atoms with E-state index in [1.54, 1.807) is 24.3 Å². The van der Waals surface area contributed by atoms with Crippen molar-refractivity contribution in [3.8, 4) is 11.8 Å². The van der Waals surface area contributed by atoms with Crippen molar-refractivity contribution in [2.45, 2.75) is 12.8 Å². The molecule has 1 aliphatic rings. The van der Waals surface area contributed by atoms with Crippen LogP contribution >= 0.6 is 0 Å². The molecule has 126 valence electrons. The minimum absolute atomic E-state index is 0.00145. The summed E-state index contributed by atoms with van der Waals surface area (Å²) in [5.74, 6) is -0.417. The zero-order valence-electron chi connectivity index (χ0n) is 13.5. The Hall–Kier alpha value is -3.01. The number of benzene rings is 1. The molecule has 2 amide bonds. The van der Waals surface area contributed by atoms with Crippen LogP contribution in [0.3, 0.4) is 0 Å². The summed E-state index contributed by atoms with van der Waals surface area (Å²) in [7, 11) is 1.51. The fraction of sp³-hybridized carbons (Fsp3) is 0.353. The largest absolute Gasteiger partial charge is 0.495 e. The predicted molar refractivity (Wildman–Crippen MR) is 88.8 cm³/mol. The molecule has 3 N–H and O–H groups in total. The topological polar surface area (TPSA) is 108 Å². The molecule has 0 atom stereocenters. The fourth-order valence-corrected chi connectivity index (χ4v) is 2.57. The number of methoxy groups -OCH3 is 1. The Balaban J connectivity index is 2.04. The van der Waals surface area contributed by atoms with Gasteiger partial charge in [-0.1, -0.05) is 12.1 Å². The highest BCUT2D eigenvalue weighted by molar-refractivity contribution is 6.07. The standard InChI is InChI=1S/C17H20N4O3/c1-24-15-5-3-2-4-14(15)20-17(23)13(10-18)11-21-8-6-12(7-9-21)16(19)22/h2-5,11-12H,6-9H2,1H3,(H2,19,22)(H,20,23)/b13-11-. The monoisotopic (exact) mass is 328 g/mol. The summed E-state index contributed by atoms with van der Waals surface area (Å²) in [5, 5.41) is 11.9. The molecule has 1 saturated heterocycles. The lowest BCUT2D eigenvalue weighted by Crippen LogP contribution is -2.36. The molecule has 0 aromatic heterocycles. The Bertz CT molecular complexity index is 685. The molecular formula is C17H20N4O3. The molecule has 0 unspecified atom stereocenters. The van der Waals surface area contributed by atoms with Crippen molar-refractivity contribution < 1.29 is 14.3 Å². The van der Waals surface area contributed by atoms with E-state index in [9.17, 15) is 14.9 Å². The van der Waals surface area contributed by atoms with Crippen LogP contribution in [-0.4, -0.2) is 36.9 Å². The Morgan fingerprint density at radius 2 is 2.04 bits per heavy atom. The van der Waals surface area contributed by atoms with Crippen LogP contribution < -0.4 is 15.8 Å². The third kappa shape index (κ3) is 4.26. The lowest BCUT2D eigenvalue weighted by molar-refractivity contribution is -0.123. The first-order valence-electron chi connectivity index (χ1n) is 7.64. The van der Waals surface area contributed by atoms with E-state index in [1.165, 1.54) is 13.3 Å². The number of para-hydroxylation sites is 2. The third-order valence-corrected chi connectivity index (χ3v) is 3.96. The van der Waals surface area contributed by atoms with Gasteiger partial charge >= 0.3 is 0 Å². The Kier molecular flexibility index (Phi) is 5.79. The summed E-state index contributed by atoms with van der Waals surface area (Å²) >= 11 is 0. The van der Waals surface area contributed by atoms with Gasteiger partial charge in [-0.25, -0.2) is 0 Å². The van der Waals surface area contributed by atoms with Crippen molar-refractivity contribution in [3.05, 3.63) is 36.0 Å². The maximum absolute atomic E-state index is 12.3. The van der Waals surface area contributed by atoms with Gasteiger partial charge in [-0.05, 0) is 25.0 Å². The first-order chi connectivity index (χ1) is 11.5. The van der Waals surface area contributed by atoms with Crippen LogP contribution in [0.4, 0.5) is 5.69 Å². The number of nitrogens with one attached hydrogen (secondary N) is 1. The molecular weight excluding hydrogens is 308 g/mol. The summed E-state index contributed by atoms with van der Waals surface area (Å²) in [5.41, 5.74) is 5.80. The second-order valence-corrected chi connectivity index (χ2v) is 5.52. The molecule has 0 bridgehead atoms. The molecule has 1 aromatic rings. The van der Waals surface area contributed by atoms with Crippen molar-refractivity contribution in [1.82, 2.24) is 4.90 Å². The minimum Gasteiger partial charge on any atom is -0.495 e. The number of nitrogens with two attached hydrogens (primary N) is 1. The van der Waals surface area contributed by atoms with Gasteiger partial charge < -0.3 is 20.7 Å². The summed E-state index contributed by atoms with van der Waals surface area (Å²) in [4.78, 5) is 25.3. The molecule has 0 spiro atoms. The van der Waals surface area contributed by atoms with Crippen molar-refractivity contribution in [1.29, 1.82) is 5.26 Å². The van der Waals surface area contributed by atoms with Gasteiger partial charge in [-0.3, -0.25) is 9.59 Å². The van der Waals surface area contributed by atoms with E-state index in [2.05, 4.69) is 5.32 Å². The van der Waals surface area contributed by atoms with E-state index in [0.29, 0.717) is 37.4 Å². The van der Waals surface area contributed by atoms with Gasteiger partial charge in [-0.15, -0.1) is 0 Å². The number of likely N-dealkylation sites (tertiary alicyclic amines) is 1. The SMILES string of the molecule is COc1ccccc1NC(=O)/C(C#N)=C\N1CCC(C(N)=O)CC1. The highest BCUT2D eigenvalue weighted by Crippen LogP contribution is 2.24. The van der Waals surface area contributed by atoms with Crippen molar-refractivity contribution in [3.63, 3.8) is 0 Å². The number of anilines is 1. The first kappa shape index (κ1) is 17.3. The molecule has 7 heteroatoms. The van der Waals surface area contributed by atoms with Gasteiger partial charge in [0.1, 0.15) is 17.4 Å². The van der Waals surface area contributed by atoms with Gasteiger partial charge in [-0.2, -0.15) is 5.26 Å². The lowest BCUT2D eigenvalue weighted by atomic mass is 9.96. The average molecular weight is 328 g/mol. The van der Waals surface area contributed by atoms with Crippen molar-refractivity contribution >= 4 is 17.5 Å². The number of amides is 2.